The quantitative estimate of drug-likeness (QED) is 0.885. The van der Waals surface area contributed by atoms with Gasteiger partial charge in [-0.1, -0.05) is 35.9 Å². The van der Waals surface area contributed by atoms with Crippen molar-refractivity contribution in [1.82, 2.24) is 0 Å². The second kappa shape index (κ2) is 5.85. The normalized spacial score (nSPS) is 12.2. The Bertz CT molecular complexity index is 518. The molecule has 0 aliphatic heterocycles. The molecule has 0 fully saturated rings. The molecule has 0 heterocycles. The standard InChI is InChI=1S/C14H13ClFNO/c15-13-8-10(16)6-7-12(13)14(9-18)17-11-4-2-1-3-5-11/h1-8,14,17-18H,9H2. The minimum Gasteiger partial charge on any atom is -0.394 e. The van der Waals surface area contributed by atoms with Crippen LogP contribution in [0.4, 0.5) is 10.1 Å². The first kappa shape index (κ1) is 12.9. The maximum atomic E-state index is 13.0. The average Bonchev–Trinajstić information content (AvgIpc) is 2.38. The van der Waals surface area contributed by atoms with Crippen LogP contribution in [0.25, 0.3) is 0 Å². The zero-order chi connectivity index (χ0) is 13.0. The number of rotatable bonds is 4. The lowest BCUT2D eigenvalue weighted by atomic mass is 10.1. The van der Waals surface area contributed by atoms with Crippen molar-refractivity contribution in [2.45, 2.75) is 6.04 Å². The van der Waals surface area contributed by atoms with Gasteiger partial charge < -0.3 is 10.4 Å². The molecule has 4 heteroatoms. The van der Waals surface area contributed by atoms with E-state index in [9.17, 15) is 9.50 Å². The van der Waals surface area contributed by atoms with Gasteiger partial charge in [-0.25, -0.2) is 4.39 Å². The number of halogens is 2. The first-order valence-corrected chi connectivity index (χ1v) is 5.96. The molecule has 1 atom stereocenters. The number of hydrogen-bond donors (Lipinski definition) is 2. The topological polar surface area (TPSA) is 32.3 Å². The third kappa shape index (κ3) is 3.00. The fraction of sp³-hybridized carbons (Fsp3) is 0.143. The molecule has 0 spiro atoms. The van der Waals surface area contributed by atoms with Gasteiger partial charge in [-0.3, -0.25) is 0 Å². The Balaban J connectivity index is 2.23. The summed E-state index contributed by atoms with van der Waals surface area (Å²) >= 11 is 5.98. The zero-order valence-electron chi connectivity index (χ0n) is 9.61. The van der Waals surface area contributed by atoms with Gasteiger partial charge in [0.2, 0.25) is 0 Å². The second-order valence-electron chi connectivity index (χ2n) is 3.91. The van der Waals surface area contributed by atoms with Gasteiger partial charge in [-0.05, 0) is 29.8 Å². The highest BCUT2D eigenvalue weighted by molar-refractivity contribution is 6.31. The van der Waals surface area contributed by atoms with E-state index < -0.39 is 0 Å². The van der Waals surface area contributed by atoms with Crippen LogP contribution in [0.5, 0.6) is 0 Å². The smallest absolute Gasteiger partial charge is 0.124 e. The van der Waals surface area contributed by atoms with Crippen LogP contribution < -0.4 is 5.32 Å². The van der Waals surface area contributed by atoms with Gasteiger partial charge >= 0.3 is 0 Å². The van der Waals surface area contributed by atoms with Crippen LogP contribution in [-0.4, -0.2) is 11.7 Å². The molecule has 0 bridgehead atoms. The molecule has 0 aromatic heterocycles. The van der Waals surface area contributed by atoms with Crippen LogP contribution in [0, 0.1) is 5.82 Å². The Labute approximate surface area is 110 Å². The number of benzene rings is 2. The fourth-order valence-electron chi connectivity index (χ4n) is 1.74. The summed E-state index contributed by atoms with van der Waals surface area (Å²) in [6.45, 7) is -0.125. The van der Waals surface area contributed by atoms with E-state index in [-0.39, 0.29) is 18.5 Å². The Morgan fingerprint density at radius 1 is 1.17 bits per heavy atom. The van der Waals surface area contributed by atoms with Gasteiger partial charge in [0.05, 0.1) is 12.6 Å². The van der Waals surface area contributed by atoms with Crippen LogP contribution in [0.1, 0.15) is 11.6 Å². The molecule has 2 rings (SSSR count). The highest BCUT2D eigenvalue weighted by Crippen LogP contribution is 2.26. The molecule has 0 aliphatic rings. The highest BCUT2D eigenvalue weighted by atomic mass is 35.5. The van der Waals surface area contributed by atoms with Gasteiger partial charge in [0.1, 0.15) is 5.82 Å². The molecule has 0 aliphatic carbocycles. The zero-order valence-corrected chi connectivity index (χ0v) is 10.4. The Kier molecular flexibility index (Phi) is 4.18. The minimum absolute atomic E-state index is 0.125. The summed E-state index contributed by atoms with van der Waals surface area (Å²) < 4.78 is 13.0. The second-order valence-corrected chi connectivity index (χ2v) is 4.32. The maximum Gasteiger partial charge on any atom is 0.124 e. The first-order valence-electron chi connectivity index (χ1n) is 5.58. The van der Waals surface area contributed by atoms with Crippen LogP contribution >= 0.6 is 11.6 Å². The van der Waals surface area contributed by atoms with Gasteiger partial charge in [0.15, 0.2) is 0 Å². The number of aliphatic hydroxyl groups is 1. The van der Waals surface area contributed by atoms with E-state index in [1.54, 1.807) is 6.07 Å². The molecular weight excluding hydrogens is 253 g/mol. The van der Waals surface area contributed by atoms with E-state index in [0.717, 1.165) is 5.69 Å². The number of nitrogens with one attached hydrogen (secondary N) is 1. The minimum atomic E-state index is -0.389. The Morgan fingerprint density at radius 3 is 2.50 bits per heavy atom. The molecule has 0 amide bonds. The predicted molar refractivity (Wildman–Crippen MR) is 71.3 cm³/mol. The SMILES string of the molecule is OCC(Nc1ccccc1)c1ccc(F)cc1Cl. The van der Waals surface area contributed by atoms with Crippen LogP contribution in [0.3, 0.4) is 0 Å². The molecule has 0 saturated carbocycles. The first-order chi connectivity index (χ1) is 8.70. The molecule has 2 N–H and O–H groups in total. The van der Waals surface area contributed by atoms with Crippen molar-refractivity contribution >= 4 is 17.3 Å². The Hall–Kier alpha value is -1.58. The third-order valence-corrected chi connectivity index (χ3v) is 2.96. The summed E-state index contributed by atoms with van der Waals surface area (Å²) in [6, 6.07) is 13.3. The van der Waals surface area contributed by atoms with E-state index in [1.165, 1.54) is 12.1 Å². The number of para-hydroxylation sites is 1. The largest absolute Gasteiger partial charge is 0.394 e. The van der Waals surface area contributed by atoms with Gasteiger partial charge in [0, 0.05) is 10.7 Å². The van der Waals surface area contributed by atoms with E-state index >= 15 is 0 Å². The van der Waals surface area contributed by atoms with E-state index in [2.05, 4.69) is 5.32 Å². The molecule has 2 nitrogen and oxygen atoms in total. The monoisotopic (exact) mass is 265 g/mol. The van der Waals surface area contributed by atoms with Crippen molar-refractivity contribution in [3.05, 3.63) is 64.9 Å². The molecule has 0 saturated heterocycles. The molecule has 18 heavy (non-hydrogen) atoms. The van der Waals surface area contributed by atoms with E-state index in [4.69, 9.17) is 11.6 Å². The van der Waals surface area contributed by atoms with Crippen LogP contribution in [-0.2, 0) is 0 Å². The molecular formula is C14H13ClFNO. The average molecular weight is 266 g/mol. The van der Waals surface area contributed by atoms with Crippen LogP contribution in [0.15, 0.2) is 48.5 Å². The van der Waals surface area contributed by atoms with Gasteiger partial charge in [0.25, 0.3) is 0 Å². The van der Waals surface area contributed by atoms with Crippen molar-refractivity contribution in [2.24, 2.45) is 0 Å². The van der Waals surface area contributed by atoms with Gasteiger partial charge in [-0.15, -0.1) is 0 Å². The summed E-state index contributed by atoms with van der Waals surface area (Å²) in [5.41, 5.74) is 1.54. The number of aliphatic hydroxyl groups excluding tert-OH is 1. The summed E-state index contributed by atoms with van der Waals surface area (Å²) in [5, 5.41) is 12.9. The lowest BCUT2D eigenvalue weighted by Gasteiger charge is -2.19. The fourth-order valence-corrected chi connectivity index (χ4v) is 2.04. The lowest BCUT2D eigenvalue weighted by Crippen LogP contribution is -2.15. The third-order valence-electron chi connectivity index (χ3n) is 2.64. The van der Waals surface area contributed by atoms with E-state index in [1.807, 2.05) is 30.3 Å². The summed E-state index contributed by atoms with van der Waals surface area (Å²) in [6.07, 6.45) is 0. The van der Waals surface area contributed by atoms with Crippen molar-refractivity contribution in [2.75, 3.05) is 11.9 Å². The van der Waals surface area contributed by atoms with E-state index in [0.29, 0.717) is 10.6 Å². The van der Waals surface area contributed by atoms with Gasteiger partial charge in [-0.2, -0.15) is 0 Å². The molecule has 0 radical (unpaired) electrons. The summed E-state index contributed by atoms with van der Waals surface area (Å²) in [4.78, 5) is 0. The number of hydrogen-bond acceptors (Lipinski definition) is 2. The van der Waals surface area contributed by atoms with Crippen molar-refractivity contribution in [3.8, 4) is 0 Å². The maximum absolute atomic E-state index is 13.0. The van der Waals surface area contributed by atoms with Crippen molar-refractivity contribution in [1.29, 1.82) is 0 Å². The predicted octanol–water partition coefficient (Wildman–Crippen LogP) is 3.62. The Morgan fingerprint density at radius 2 is 1.89 bits per heavy atom. The lowest BCUT2D eigenvalue weighted by molar-refractivity contribution is 0.276. The molecule has 2 aromatic rings. The molecule has 94 valence electrons. The highest BCUT2D eigenvalue weighted by Gasteiger charge is 2.14. The van der Waals surface area contributed by atoms with Crippen LogP contribution in [0.2, 0.25) is 5.02 Å². The number of anilines is 1. The molecule has 2 aromatic carbocycles. The summed E-state index contributed by atoms with van der Waals surface area (Å²) in [7, 11) is 0. The summed E-state index contributed by atoms with van der Waals surface area (Å²) in [5.74, 6) is -0.389. The van der Waals surface area contributed by atoms with Crippen molar-refractivity contribution in [3.63, 3.8) is 0 Å². The molecule has 1 unspecified atom stereocenters. The van der Waals surface area contributed by atoms with Crippen molar-refractivity contribution < 1.29 is 9.50 Å².